The molecule has 1 aromatic rings. The quantitative estimate of drug-likeness (QED) is 0.622. The Bertz CT molecular complexity index is 626. The van der Waals surface area contributed by atoms with Crippen LogP contribution >= 0.6 is 0 Å². The van der Waals surface area contributed by atoms with E-state index in [-0.39, 0.29) is 12.7 Å². The normalized spacial score (nSPS) is 35.1. The van der Waals surface area contributed by atoms with Crippen molar-refractivity contribution in [2.75, 3.05) is 6.61 Å². The van der Waals surface area contributed by atoms with Crippen LogP contribution in [0.1, 0.15) is 6.23 Å². The predicted octanol–water partition coefficient (Wildman–Crippen LogP) is -1.09. The van der Waals surface area contributed by atoms with Gasteiger partial charge in [0.15, 0.2) is 0 Å². The summed E-state index contributed by atoms with van der Waals surface area (Å²) < 4.78 is 18.8. The van der Waals surface area contributed by atoms with Crippen molar-refractivity contribution < 1.29 is 16.0 Å². The summed E-state index contributed by atoms with van der Waals surface area (Å²) in [5, 5.41) is 9.38. The molecule has 8 nitrogen and oxygen atoms in total. The number of aliphatic hydroxyl groups excluding tert-OH is 1. The van der Waals surface area contributed by atoms with E-state index < -0.39 is 48.9 Å². The third-order valence-electron chi connectivity index (χ3n) is 3.43. The van der Waals surface area contributed by atoms with Crippen LogP contribution in [0.3, 0.4) is 0 Å². The molecular weight excluding hydrogens is 375 g/mol. The van der Waals surface area contributed by atoms with Gasteiger partial charge in [0, 0.05) is 0 Å². The van der Waals surface area contributed by atoms with E-state index in [9.17, 15) is 14.7 Å². The molecule has 0 bridgehead atoms. The number of hydrogen-bond acceptors (Lipinski definition) is 6. The first-order valence-corrected chi connectivity index (χ1v) is 14.4. The molecule has 3 rings (SSSR count). The van der Waals surface area contributed by atoms with Crippen molar-refractivity contribution in [1.82, 2.24) is 9.55 Å². The Morgan fingerprint density at radius 2 is 2.05 bits per heavy atom. The van der Waals surface area contributed by atoms with Crippen molar-refractivity contribution in [3.63, 3.8) is 0 Å². The fourth-order valence-electron chi connectivity index (χ4n) is 2.66. The fourth-order valence-corrected chi connectivity index (χ4v) is 8.09. The van der Waals surface area contributed by atoms with Crippen molar-refractivity contribution in [3.05, 3.63) is 33.1 Å². The third-order valence-corrected chi connectivity index (χ3v) is 8.22. The summed E-state index contributed by atoms with van der Waals surface area (Å²) >= 11 is -3.03. The third kappa shape index (κ3) is 2.35. The topological polar surface area (TPSA) is 103 Å². The van der Waals surface area contributed by atoms with Crippen LogP contribution in [0, 0.1) is 0 Å². The zero-order valence-electron chi connectivity index (χ0n) is 11.1. The van der Waals surface area contributed by atoms with E-state index in [4.69, 9.17) is 10.9 Å². The van der Waals surface area contributed by atoms with E-state index in [0.717, 1.165) is 0 Å². The molecule has 2 aliphatic heterocycles. The number of aliphatic hydroxyl groups is 1. The molecule has 0 radical (unpaired) electrons. The minimum absolute atomic E-state index is 0.207. The van der Waals surface area contributed by atoms with Gasteiger partial charge in [-0.15, -0.1) is 0 Å². The predicted molar refractivity (Wildman–Crippen MR) is 69.5 cm³/mol. The van der Waals surface area contributed by atoms with Crippen LogP contribution in [0.5, 0.6) is 0 Å². The summed E-state index contributed by atoms with van der Waals surface area (Å²) in [5.41, 5.74) is -1.04. The van der Waals surface area contributed by atoms with Gasteiger partial charge in [0.25, 0.3) is 0 Å². The van der Waals surface area contributed by atoms with Gasteiger partial charge in [0.05, 0.1) is 0 Å². The molecule has 4 atom stereocenters. The first-order valence-electron chi connectivity index (χ1n) is 6.35. The Hall–Kier alpha value is -0.681. The molecule has 2 fully saturated rings. The number of aromatic nitrogens is 2. The van der Waals surface area contributed by atoms with Crippen LogP contribution < -0.4 is 11.2 Å². The maximum atomic E-state index is 11.9. The molecule has 0 spiro atoms. The number of nitrogens with one attached hydrogen (secondary N) is 1. The standard InChI is InChI=1S/C9H10N2O6.2CH3.Sn/c12-3-4-6(14)7(15)8(17-4)11-2-1-5(13)10-9(11)16;;;/h1-2,4,6-8,12H,3H2,(H,10,13,16);2*1H3;/q-2;;;+2/t4-,6+,7+,8-;;;/m0.../s1. The van der Waals surface area contributed by atoms with Gasteiger partial charge in [-0.2, -0.15) is 0 Å². The summed E-state index contributed by atoms with van der Waals surface area (Å²) in [6.07, 6.45) is -0.647. The number of rotatable bonds is 2. The van der Waals surface area contributed by atoms with Gasteiger partial charge >= 0.3 is 119 Å². The Balaban J connectivity index is 1.98. The van der Waals surface area contributed by atoms with Crippen LogP contribution in [0.25, 0.3) is 0 Å². The molecule has 3 heterocycles. The van der Waals surface area contributed by atoms with E-state index in [0.29, 0.717) is 0 Å². The van der Waals surface area contributed by atoms with Crippen LogP contribution in [-0.4, -0.2) is 58.8 Å². The molecule has 0 aliphatic carbocycles. The zero-order valence-corrected chi connectivity index (χ0v) is 14.0. The number of ether oxygens (including phenoxy) is 1. The molecule has 110 valence electrons. The molecule has 2 saturated heterocycles. The monoisotopic (exact) mass is 392 g/mol. The van der Waals surface area contributed by atoms with Gasteiger partial charge in [-0.3, -0.25) is 0 Å². The molecule has 2 N–H and O–H groups in total. The van der Waals surface area contributed by atoms with Crippen LogP contribution in [0.4, 0.5) is 0 Å². The second-order valence-corrected chi connectivity index (χ2v) is 14.7. The fraction of sp³-hybridized carbons (Fsp3) is 0.636. The molecule has 0 unspecified atom stereocenters. The molecule has 20 heavy (non-hydrogen) atoms. The van der Waals surface area contributed by atoms with Crippen molar-refractivity contribution in [2.24, 2.45) is 0 Å². The molecule has 1 aromatic heterocycles. The average molecular weight is 391 g/mol. The first-order chi connectivity index (χ1) is 9.41. The van der Waals surface area contributed by atoms with Gasteiger partial charge in [-0.05, 0) is 0 Å². The van der Waals surface area contributed by atoms with E-state index in [1.54, 1.807) is 0 Å². The van der Waals surface area contributed by atoms with Crippen LogP contribution in [-0.2, 0) is 10.9 Å². The first kappa shape index (κ1) is 14.3. The number of nitrogens with zero attached hydrogens (tertiary/aromatic N) is 1. The maximum absolute atomic E-state index is 11.9. The number of aromatic amines is 1. The van der Waals surface area contributed by atoms with E-state index in [1.165, 1.54) is 16.8 Å². The molecule has 2 aliphatic rings. The van der Waals surface area contributed by atoms with Crippen molar-refractivity contribution in [3.8, 4) is 0 Å². The van der Waals surface area contributed by atoms with E-state index >= 15 is 0 Å². The second kappa shape index (κ2) is 4.95. The van der Waals surface area contributed by atoms with E-state index in [2.05, 4.69) is 4.98 Å². The molecular formula is C11H16N2O6Sn. The number of fused-ring (bicyclic) bond motifs is 1. The van der Waals surface area contributed by atoms with Gasteiger partial charge in [-0.25, -0.2) is 0 Å². The summed E-state index contributed by atoms with van der Waals surface area (Å²) in [7, 11) is 0. The zero-order chi connectivity index (χ0) is 14.5. The second-order valence-electron chi connectivity index (χ2n) is 5.33. The van der Waals surface area contributed by atoms with Gasteiger partial charge in [-0.1, -0.05) is 0 Å². The Morgan fingerprint density at radius 1 is 1.35 bits per heavy atom. The van der Waals surface area contributed by atoms with Crippen molar-refractivity contribution in [1.29, 1.82) is 0 Å². The number of H-pyrrole nitrogens is 1. The van der Waals surface area contributed by atoms with Crippen LogP contribution in [0.2, 0.25) is 9.88 Å². The summed E-state index contributed by atoms with van der Waals surface area (Å²) in [6.45, 7) is -0.207. The van der Waals surface area contributed by atoms with Crippen molar-refractivity contribution in [2.45, 2.75) is 34.4 Å². The van der Waals surface area contributed by atoms with E-state index in [1.807, 2.05) is 9.88 Å². The summed E-state index contributed by atoms with van der Waals surface area (Å²) in [6, 6.07) is 1.25. The Labute approximate surface area is 119 Å². The number of hydrogen-bond donors (Lipinski definition) is 2. The summed E-state index contributed by atoms with van der Waals surface area (Å²) in [4.78, 5) is 29.1. The van der Waals surface area contributed by atoms with Gasteiger partial charge in [0.2, 0.25) is 0 Å². The molecule has 0 aromatic carbocycles. The molecule has 0 amide bonds. The van der Waals surface area contributed by atoms with Gasteiger partial charge in [0.1, 0.15) is 0 Å². The summed E-state index contributed by atoms with van der Waals surface area (Å²) in [5.74, 6) is 0. The Kier molecular flexibility index (Phi) is 3.53. The SMILES string of the molecule is [CH3][Sn]1([CH3])[O][C@@H]2[C@H]([O]1)[C@H](CO)O[C@@H]2n1ccc(=O)[nH]c1=O. The Morgan fingerprint density at radius 3 is 2.70 bits per heavy atom. The van der Waals surface area contributed by atoms with Gasteiger partial charge < -0.3 is 0 Å². The molecule has 0 saturated carbocycles. The average Bonchev–Trinajstić information content (AvgIpc) is 2.83. The minimum atomic E-state index is -3.03. The van der Waals surface area contributed by atoms with Crippen molar-refractivity contribution >= 4 is 19.2 Å². The molecule has 9 heteroatoms. The van der Waals surface area contributed by atoms with Crippen LogP contribution in [0.15, 0.2) is 21.9 Å².